The number of halogens is 1. The molecule has 4 aliphatic rings. The van der Waals surface area contributed by atoms with E-state index in [9.17, 15) is 0 Å². The molecule has 0 amide bonds. The van der Waals surface area contributed by atoms with Gasteiger partial charge in [0.05, 0.1) is 6.61 Å². The van der Waals surface area contributed by atoms with Crippen LogP contribution in [0, 0.1) is 0 Å². The second-order valence-electron chi connectivity index (χ2n) is 6.42. The maximum Gasteiger partial charge on any atom is 0.125 e. The van der Waals surface area contributed by atoms with E-state index in [0.717, 1.165) is 36.2 Å². The zero-order chi connectivity index (χ0) is 14.4. The van der Waals surface area contributed by atoms with Crippen molar-refractivity contribution in [2.45, 2.75) is 24.9 Å². The van der Waals surface area contributed by atoms with Crippen LogP contribution in [0.2, 0.25) is 0 Å². The first kappa shape index (κ1) is 14.0. The van der Waals surface area contributed by atoms with E-state index in [-0.39, 0.29) is 6.04 Å². The number of benzene rings is 1. The molecule has 2 atom stereocenters. The van der Waals surface area contributed by atoms with Gasteiger partial charge in [-0.15, -0.1) is 0 Å². The van der Waals surface area contributed by atoms with Crippen LogP contribution < -0.4 is 10.5 Å². The van der Waals surface area contributed by atoms with Crippen molar-refractivity contribution in [3.05, 3.63) is 27.7 Å². The van der Waals surface area contributed by atoms with Gasteiger partial charge in [0.15, 0.2) is 0 Å². The summed E-state index contributed by atoms with van der Waals surface area (Å²) < 4.78 is 6.98. The average molecular weight is 352 g/mol. The van der Waals surface area contributed by atoms with E-state index < -0.39 is 0 Å². The third-order valence-electron chi connectivity index (χ3n) is 5.10. The van der Waals surface area contributed by atoms with Gasteiger partial charge in [0.25, 0.3) is 0 Å². The standard InChI is InChI=1S/C16H22BrN3O/c17-13-7-11-1-6-21-16(11)12(8-13)9-14(18)15-10-19-2-4-20(15)5-3-19/h7-8,14-15H,1-6,9-10,18H2. The summed E-state index contributed by atoms with van der Waals surface area (Å²) in [6.45, 7) is 6.68. The second-order valence-corrected chi connectivity index (χ2v) is 7.34. The molecule has 3 fully saturated rings. The Morgan fingerprint density at radius 1 is 1.29 bits per heavy atom. The molecule has 2 N–H and O–H groups in total. The molecule has 0 radical (unpaired) electrons. The molecule has 1 aromatic carbocycles. The summed E-state index contributed by atoms with van der Waals surface area (Å²) in [5.74, 6) is 1.09. The molecule has 5 heteroatoms. The Morgan fingerprint density at radius 2 is 2.10 bits per heavy atom. The molecule has 3 saturated heterocycles. The molecular formula is C16H22BrN3O. The highest BCUT2D eigenvalue weighted by Gasteiger charge is 2.35. The fourth-order valence-corrected chi connectivity index (χ4v) is 4.50. The topological polar surface area (TPSA) is 41.7 Å². The molecule has 2 bridgehead atoms. The molecule has 2 unspecified atom stereocenters. The van der Waals surface area contributed by atoms with Crippen molar-refractivity contribution in [1.29, 1.82) is 0 Å². The number of rotatable bonds is 3. The first-order valence-electron chi connectivity index (χ1n) is 7.87. The lowest BCUT2D eigenvalue weighted by Gasteiger charge is -2.49. The van der Waals surface area contributed by atoms with Gasteiger partial charge >= 0.3 is 0 Å². The van der Waals surface area contributed by atoms with Crippen LogP contribution in [0.4, 0.5) is 0 Å². The van der Waals surface area contributed by atoms with Crippen molar-refractivity contribution < 1.29 is 4.74 Å². The molecule has 4 aliphatic heterocycles. The lowest BCUT2D eigenvalue weighted by atomic mass is 9.94. The summed E-state index contributed by atoms with van der Waals surface area (Å²) in [7, 11) is 0. The zero-order valence-electron chi connectivity index (χ0n) is 12.2. The van der Waals surface area contributed by atoms with Crippen molar-refractivity contribution in [1.82, 2.24) is 9.80 Å². The SMILES string of the molecule is NC(Cc1cc(Br)cc2c1OCC2)C1CN2CCN1CC2. The van der Waals surface area contributed by atoms with Crippen LogP contribution in [-0.4, -0.2) is 61.2 Å². The van der Waals surface area contributed by atoms with Crippen LogP contribution in [0.5, 0.6) is 5.75 Å². The minimum Gasteiger partial charge on any atom is -0.493 e. The fourth-order valence-electron chi connectivity index (χ4n) is 3.95. The van der Waals surface area contributed by atoms with Gasteiger partial charge in [0.1, 0.15) is 5.75 Å². The van der Waals surface area contributed by atoms with Crippen LogP contribution in [-0.2, 0) is 12.8 Å². The Balaban J connectivity index is 1.53. The van der Waals surface area contributed by atoms with Gasteiger partial charge in [-0.1, -0.05) is 15.9 Å². The maximum atomic E-state index is 6.57. The highest BCUT2D eigenvalue weighted by atomic mass is 79.9. The molecule has 0 spiro atoms. The lowest BCUT2D eigenvalue weighted by molar-refractivity contribution is 0.00252. The molecule has 4 heterocycles. The number of piperazine rings is 3. The monoisotopic (exact) mass is 351 g/mol. The number of hydrogen-bond donors (Lipinski definition) is 1. The zero-order valence-corrected chi connectivity index (χ0v) is 13.8. The summed E-state index contributed by atoms with van der Waals surface area (Å²) in [6, 6.07) is 5.02. The van der Waals surface area contributed by atoms with Crippen LogP contribution in [0.15, 0.2) is 16.6 Å². The summed E-state index contributed by atoms with van der Waals surface area (Å²) in [5.41, 5.74) is 9.16. The minimum absolute atomic E-state index is 0.177. The van der Waals surface area contributed by atoms with E-state index in [2.05, 4.69) is 37.9 Å². The summed E-state index contributed by atoms with van der Waals surface area (Å²) >= 11 is 3.62. The molecule has 5 rings (SSSR count). The average Bonchev–Trinajstić information content (AvgIpc) is 2.96. The van der Waals surface area contributed by atoms with Crippen molar-refractivity contribution in [3.63, 3.8) is 0 Å². The van der Waals surface area contributed by atoms with Gasteiger partial charge in [0.2, 0.25) is 0 Å². The fraction of sp³-hybridized carbons (Fsp3) is 0.625. The van der Waals surface area contributed by atoms with Crippen molar-refractivity contribution in [2.24, 2.45) is 5.73 Å². The van der Waals surface area contributed by atoms with E-state index in [1.54, 1.807) is 0 Å². The van der Waals surface area contributed by atoms with Gasteiger partial charge in [-0.2, -0.15) is 0 Å². The van der Waals surface area contributed by atoms with Crippen LogP contribution in [0.1, 0.15) is 11.1 Å². The highest BCUT2D eigenvalue weighted by molar-refractivity contribution is 9.10. The van der Waals surface area contributed by atoms with Crippen LogP contribution >= 0.6 is 15.9 Å². The molecule has 4 nitrogen and oxygen atoms in total. The summed E-state index contributed by atoms with van der Waals surface area (Å²) in [5, 5.41) is 0. The number of nitrogens with two attached hydrogens (primary N) is 1. The van der Waals surface area contributed by atoms with E-state index in [1.165, 1.54) is 37.3 Å². The maximum absolute atomic E-state index is 6.57. The first-order chi connectivity index (χ1) is 10.2. The second kappa shape index (κ2) is 5.54. The van der Waals surface area contributed by atoms with Gasteiger partial charge in [0, 0.05) is 55.7 Å². The Morgan fingerprint density at radius 3 is 2.81 bits per heavy atom. The van der Waals surface area contributed by atoms with E-state index in [4.69, 9.17) is 10.5 Å². The first-order valence-corrected chi connectivity index (χ1v) is 8.66. The third-order valence-corrected chi connectivity index (χ3v) is 5.55. The Labute approximate surface area is 134 Å². The van der Waals surface area contributed by atoms with Gasteiger partial charge in [-0.3, -0.25) is 9.80 Å². The van der Waals surface area contributed by atoms with Crippen LogP contribution in [0.25, 0.3) is 0 Å². The van der Waals surface area contributed by atoms with E-state index in [0.29, 0.717) is 6.04 Å². The number of nitrogens with zero attached hydrogens (tertiary/aromatic N) is 2. The molecule has 0 aliphatic carbocycles. The predicted octanol–water partition coefficient (Wildman–Crippen LogP) is 1.25. The van der Waals surface area contributed by atoms with E-state index >= 15 is 0 Å². The van der Waals surface area contributed by atoms with E-state index in [1.807, 2.05) is 0 Å². The third kappa shape index (κ3) is 2.61. The number of hydrogen-bond acceptors (Lipinski definition) is 4. The summed E-state index contributed by atoms with van der Waals surface area (Å²) in [6.07, 6.45) is 1.91. The van der Waals surface area contributed by atoms with Gasteiger partial charge in [-0.05, 0) is 29.7 Å². The van der Waals surface area contributed by atoms with Gasteiger partial charge < -0.3 is 10.5 Å². The van der Waals surface area contributed by atoms with Crippen molar-refractivity contribution in [2.75, 3.05) is 39.3 Å². The quantitative estimate of drug-likeness (QED) is 0.889. The molecular weight excluding hydrogens is 330 g/mol. The predicted molar refractivity (Wildman–Crippen MR) is 86.8 cm³/mol. The Kier molecular flexibility index (Phi) is 3.69. The van der Waals surface area contributed by atoms with Crippen LogP contribution in [0.3, 0.4) is 0 Å². The molecule has 0 aromatic heterocycles. The molecule has 21 heavy (non-hydrogen) atoms. The number of ether oxygens (including phenoxy) is 1. The number of fused-ring (bicyclic) bond motifs is 4. The Hall–Kier alpha value is -0.620. The Bertz CT molecular complexity index is 543. The van der Waals surface area contributed by atoms with Crippen molar-refractivity contribution in [3.8, 4) is 5.75 Å². The molecule has 0 saturated carbocycles. The smallest absolute Gasteiger partial charge is 0.125 e. The highest BCUT2D eigenvalue weighted by Crippen LogP contribution is 2.34. The van der Waals surface area contributed by atoms with Crippen molar-refractivity contribution >= 4 is 15.9 Å². The normalized spacial score (nSPS) is 31.8. The summed E-state index contributed by atoms with van der Waals surface area (Å²) in [4.78, 5) is 5.12. The molecule has 114 valence electrons. The minimum atomic E-state index is 0.177. The van der Waals surface area contributed by atoms with Gasteiger partial charge in [-0.25, -0.2) is 0 Å². The lowest BCUT2D eigenvalue weighted by Crippen LogP contribution is -2.66. The largest absolute Gasteiger partial charge is 0.493 e. The molecule has 1 aromatic rings.